The molecule has 0 aliphatic carbocycles. The Hall–Kier alpha value is -16.8. The van der Waals surface area contributed by atoms with Crippen molar-refractivity contribution in [1.29, 1.82) is 0 Å². The maximum absolute atomic E-state index is 12.6. The van der Waals surface area contributed by atoms with Crippen molar-refractivity contribution in [3.8, 4) is 200 Å². The van der Waals surface area contributed by atoms with Crippen LogP contribution in [0.2, 0.25) is 0 Å². The topological polar surface area (TPSA) is 569 Å². The molecular formula is C83H66O35. The van der Waals surface area contributed by atoms with E-state index in [1.165, 1.54) is 178 Å². The van der Waals surface area contributed by atoms with Gasteiger partial charge in [-0.15, -0.1) is 0 Å². The average Bonchev–Trinajstić information content (AvgIpc) is 0.789. The Balaban J connectivity index is 0.000000145. The van der Waals surface area contributed by atoms with Crippen molar-refractivity contribution in [2.75, 3.05) is 56.9 Å². The molecule has 0 amide bonds. The van der Waals surface area contributed by atoms with Gasteiger partial charge in [0.15, 0.2) is 74.8 Å². The van der Waals surface area contributed by atoms with E-state index in [4.69, 9.17) is 60.0 Å². The minimum Gasteiger partial charge on any atom is -0.508 e. The molecule has 0 atom stereocenters. The Morgan fingerprint density at radius 2 is 0.559 bits per heavy atom. The van der Waals surface area contributed by atoms with Crippen molar-refractivity contribution in [3.63, 3.8) is 0 Å². The zero-order chi connectivity index (χ0) is 85.7. The van der Waals surface area contributed by atoms with Crippen LogP contribution in [0.3, 0.4) is 0 Å². The molecule has 15 rings (SSSR count). The summed E-state index contributed by atoms with van der Waals surface area (Å²) >= 11 is 0. The number of rotatable bonds is 13. The van der Waals surface area contributed by atoms with E-state index in [9.17, 15) is 111 Å². The van der Waals surface area contributed by atoms with Gasteiger partial charge in [-0.05, 0) is 84.9 Å². The molecule has 0 spiro atoms. The third-order valence-electron chi connectivity index (χ3n) is 17.5. The summed E-state index contributed by atoms with van der Waals surface area (Å²) in [5.74, 6) is -5.77. The Kier molecular flexibility index (Phi) is 23.5. The first kappa shape index (κ1) is 82.2. The molecule has 0 aliphatic rings. The van der Waals surface area contributed by atoms with Crippen LogP contribution in [-0.2, 0) is 0 Å². The molecule has 0 bridgehead atoms. The average molecular weight is 1620 g/mol. The zero-order valence-electron chi connectivity index (χ0n) is 62.4. The summed E-state index contributed by atoms with van der Waals surface area (Å²) in [5.41, 5.74) is -2.54. The standard InChI is InChI=1S/4C17H14O7.C15H10O7/c1-22-9-6-11(19)14-13(7-9)24-17(16(21)15(14)20)8-3-4-12(23-2)10(18)5-8;1-22-12-4-3-8(5-10(12)19)16-17(23-2)15(21)14-11(20)6-9(18)7-13(14)24-16;1-22-9-6-11(19)14-13(7-9)24-17(16(21)15(14)20)8-3-4-10(18)12(5-8)23-2;1-22-9-6-12(23-2)14-13(7-9)24-17(16(21)15(14)20)8-3-4-10(18)11(19)5-8;16-6-1-2-8(9(18)3-6)15-14(21)13(20)12-10(19)4-7(17)5-11(12)22-15/h3-7,18-19,21H,1-2H3;3-7,18-20H,1-2H3;2*3-7,18-19,21H,1-2H3;1-5,16-19,21H. The Labute approximate surface area is 659 Å². The molecule has 0 unspecified atom stereocenters. The molecule has 5 aromatic heterocycles. The third kappa shape index (κ3) is 16.1. The molecule has 608 valence electrons. The first-order chi connectivity index (χ1) is 56.2. The third-order valence-corrected chi connectivity index (χ3v) is 17.5. The van der Waals surface area contributed by atoms with Crippen LogP contribution < -0.4 is 65.0 Å². The fourth-order valence-electron chi connectivity index (χ4n) is 11.8. The summed E-state index contributed by atoms with van der Waals surface area (Å²) in [5, 5.41) is 166. The number of methoxy groups -OCH3 is 8. The van der Waals surface area contributed by atoms with Crippen LogP contribution in [-0.4, -0.2) is 144 Å². The van der Waals surface area contributed by atoms with Crippen LogP contribution in [0.4, 0.5) is 0 Å². The summed E-state index contributed by atoms with van der Waals surface area (Å²) in [7, 11) is 11.1. The van der Waals surface area contributed by atoms with Crippen LogP contribution >= 0.6 is 0 Å². The first-order valence-electron chi connectivity index (χ1n) is 33.7. The molecule has 35 nitrogen and oxygen atoms in total. The van der Waals surface area contributed by atoms with Crippen molar-refractivity contribution in [1.82, 2.24) is 0 Å². The Morgan fingerprint density at radius 3 is 0.975 bits per heavy atom. The summed E-state index contributed by atoms with van der Waals surface area (Å²) in [6.45, 7) is 0. The lowest BCUT2D eigenvalue weighted by molar-refractivity contribution is 0.373. The van der Waals surface area contributed by atoms with Gasteiger partial charge in [-0.25, -0.2) is 0 Å². The van der Waals surface area contributed by atoms with Gasteiger partial charge >= 0.3 is 0 Å². The molecule has 5 heterocycles. The van der Waals surface area contributed by atoms with E-state index in [2.05, 4.69) is 0 Å². The van der Waals surface area contributed by atoms with Crippen molar-refractivity contribution in [3.05, 3.63) is 203 Å². The molecule has 17 N–H and O–H groups in total. The monoisotopic (exact) mass is 1620 g/mol. The van der Waals surface area contributed by atoms with Gasteiger partial charge in [0, 0.05) is 89.0 Å². The maximum atomic E-state index is 12.6. The number of phenols is 13. The number of ether oxygens (including phenoxy) is 8. The fraction of sp³-hybridized carbons (Fsp3) is 0.0964. The van der Waals surface area contributed by atoms with Gasteiger partial charge < -0.3 is 147 Å². The number of benzene rings is 10. The predicted octanol–water partition coefficient (Wildman–Crippen LogP) is 12.4. The molecule has 10 aromatic carbocycles. The van der Waals surface area contributed by atoms with E-state index in [0.29, 0.717) is 22.6 Å². The minimum atomic E-state index is -0.916. The highest BCUT2D eigenvalue weighted by Gasteiger charge is 2.27. The second kappa shape index (κ2) is 33.7. The number of fused-ring (bicyclic) bond motifs is 5. The van der Waals surface area contributed by atoms with E-state index in [1.807, 2.05) is 0 Å². The van der Waals surface area contributed by atoms with Gasteiger partial charge in [0.2, 0.25) is 55.9 Å². The Bertz CT molecular complexity index is 6790. The Morgan fingerprint density at radius 1 is 0.220 bits per heavy atom. The lowest BCUT2D eigenvalue weighted by atomic mass is 10.1. The van der Waals surface area contributed by atoms with Crippen LogP contribution in [0.15, 0.2) is 198 Å². The summed E-state index contributed by atoms with van der Waals surface area (Å²) < 4.78 is 68.2. The van der Waals surface area contributed by atoms with Gasteiger partial charge in [0.1, 0.15) is 124 Å². The van der Waals surface area contributed by atoms with E-state index in [0.717, 1.165) is 24.3 Å². The zero-order valence-corrected chi connectivity index (χ0v) is 62.4. The summed E-state index contributed by atoms with van der Waals surface area (Å²) in [4.78, 5) is 62.0. The van der Waals surface area contributed by atoms with Gasteiger partial charge in [-0.3, -0.25) is 24.0 Å². The second-order valence-corrected chi connectivity index (χ2v) is 24.7. The molecule has 0 radical (unpaired) electrons. The first-order valence-corrected chi connectivity index (χ1v) is 33.7. The molecule has 35 heteroatoms. The number of hydrogen-bond donors (Lipinski definition) is 17. The lowest BCUT2D eigenvalue weighted by Crippen LogP contribution is -2.07. The molecular weight excluding hydrogens is 1560 g/mol. The summed E-state index contributed by atoms with van der Waals surface area (Å²) in [6.07, 6.45) is 0. The largest absolute Gasteiger partial charge is 0.508 e. The van der Waals surface area contributed by atoms with E-state index >= 15 is 0 Å². The van der Waals surface area contributed by atoms with Crippen LogP contribution in [0.5, 0.6) is 144 Å². The number of phenolic OH excluding ortho intramolecular Hbond substituents is 13. The molecule has 0 fully saturated rings. The lowest BCUT2D eigenvalue weighted by Gasteiger charge is -2.11. The number of aromatic hydroxyl groups is 17. The predicted molar refractivity (Wildman–Crippen MR) is 420 cm³/mol. The quantitative estimate of drug-likeness (QED) is 0.0477. The fourth-order valence-corrected chi connectivity index (χ4v) is 11.8. The van der Waals surface area contributed by atoms with Crippen LogP contribution in [0.1, 0.15) is 0 Å². The highest BCUT2D eigenvalue weighted by molar-refractivity contribution is 5.93. The highest BCUT2D eigenvalue weighted by atomic mass is 16.5. The van der Waals surface area contributed by atoms with E-state index in [1.54, 1.807) is 6.07 Å². The second-order valence-electron chi connectivity index (χ2n) is 24.7. The van der Waals surface area contributed by atoms with E-state index in [-0.39, 0.29) is 187 Å². The molecule has 0 aliphatic heterocycles. The smallest absolute Gasteiger partial charge is 0.239 e. The van der Waals surface area contributed by atoms with Crippen LogP contribution in [0, 0.1) is 0 Å². The highest BCUT2D eigenvalue weighted by Crippen LogP contribution is 2.46. The van der Waals surface area contributed by atoms with Gasteiger partial charge in [-0.2, -0.15) is 0 Å². The van der Waals surface area contributed by atoms with Gasteiger partial charge in [0.05, 0.1) is 62.4 Å². The van der Waals surface area contributed by atoms with Crippen LogP contribution in [0.25, 0.3) is 111 Å². The molecule has 0 saturated heterocycles. The van der Waals surface area contributed by atoms with Crippen molar-refractivity contribution >= 4 is 54.8 Å². The van der Waals surface area contributed by atoms with Crippen molar-refractivity contribution < 1.29 is 147 Å². The molecule has 118 heavy (non-hydrogen) atoms. The summed E-state index contributed by atoms with van der Waals surface area (Å²) in [6, 6.07) is 32.9. The van der Waals surface area contributed by atoms with Gasteiger partial charge in [0.25, 0.3) is 0 Å². The van der Waals surface area contributed by atoms with Crippen molar-refractivity contribution in [2.24, 2.45) is 0 Å². The maximum Gasteiger partial charge on any atom is 0.239 e. The molecule has 15 aromatic rings. The minimum absolute atomic E-state index is 0.0105. The van der Waals surface area contributed by atoms with E-state index < -0.39 is 73.1 Å². The van der Waals surface area contributed by atoms with Gasteiger partial charge in [-0.1, -0.05) is 0 Å². The molecule has 0 saturated carbocycles. The normalized spacial score (nSPS) is 10.8. The number of hydrogen-bond acceptors (Lipinski definition) is 35. The van der Waals surface area contributed by atoms with Crippen molar-refractivity contribution in [2.45, 2.75) is 0 Å². The SMILES string of the molecule is COc1cc(O)c2c(=O)c(O)c(-c3ccc(O)c(OC)c3)oc2c1.COc1cc(O)c2c(=O)c(O)c(-c3ccc(OC)c(O)c3)oc2c1.COc1cc(OC)c2c(=O)c(O)c(-c3ccc(O)c(O)c3)oc2c1.COc1ccc(-c2oc3cc(O)cc(O)c3c(=O)c2OC)cc1O.O=c1c(O)c(-c2ccc(O)cc2O)oc2cc(O)cc(O)c12.